The number of ketones is 1. The van der Waals surface area contributed by atoms with Crippen LogP contribution >= 0.6 is 0 Å². The Morgan fingerprint density at radius 2 is 2.28 bits per heavy atom. The van der Waals surface area contributed by atoms with E-state index >= 15 is 0 Å². The van der Waals surface area contributed by atoms with Crippen molar-refractivity contribution in [3.05, 3.63) is 42.2 Å². The fourth-order valence-corrected chi connectivity index (χ4v) is 2.61. The summed E-state index contributed by atoms with van der Waals surface area (Å²) >= 11 is 0. The van der Waals surface area contributed by atoms with Crippen molar-refractivity contribution in [2.45, 2.75) is 19.4 Å². The van der Waals surface area contributed by atoms with Gasteiger partial charge < -0.3 is 4.74 Å². The van der Waals surface area contributed by atoms with Crippen molar-refractivity contribution in [1.82, 2.24) is 4.98 Å². The Balaban J connectivity index is 2.06. The maximum absolute atomic E-state index is 12.6. The number of Topliss-reactive ketones (excluding diaryl/α,β-unsaturated/α-hetero) is 1. The van der Waals surface area contributed by atoms with E-state index in [9.17, 15) is 4.79 Å². The summed E-state index contributed by atoms with van der Waals surface area (Å²) in [6, 6.07) is 7.70. The van der Waals surface area contributed by atoms with Gasteiger partial charge in [0.15, 0.2) is 5.78 Å². The van der Waals surface area contributed by atoms with Gasteiger partial charge in [0.1, 0.15) is 0 Å². The van der Waals surface area contributed by atoms with Gasteiger partial charge in [-0.25, -0.2) is 0 Å². The summed E-state index contributed by atoms with van der Waals surface area (Å²) < 4.78 is 5.49. The molecular formula is C15H15NO2. The van der Waals surface area contributed by atoms with Crippen LogP contribution in [0.25, 0.3) is 10.8 Å². The van der Waals surface area contributed by atoms with Crippen LogP contribution in [0.15, 0.2) is 36.7 Å². The number of hydrogen-bond donors (Lipinski definition) is 0. The monoisotopic (exact) mass is 241 g/mol. The zero-order valence-electron chi connectivity index (χ0n) is 10.3. The van der Waals surface area contributed by atoms with Gasteiger partial charge in [0.25, 0.3) is 0 Å². The minimum absolute atomic E-state index is 0.0104. The average Bonchev–Trinajstić information content (AvgIpc) is 2.83. The van der Waals surface area contributed by atoms with Gasteiger partial charge in [-0.1, -0.05) is 18.2 Å². The number of rotatable bonds is 2. The molecule has 18 heavy (non-hydrogen) atoms. The van der Waals surface area contributed by atoms with E-state index < -0.39 is 0 Å². The highest BCUT2D eigenvalue weighted by molar-refractivity contribution is 6.09. The van der Waals surface area contributed by atoms with Gasteiger partial charge in [-0.3, -0.25) is 9.78 Å². The molecule has 92 valence electrons. The van der Waals surface area contributed by atoms with Gasteiger partial charge >= 0.3 is 0 Å². The predicted molar refractivity (Wildman–Crippen MR) is 69.6 cm³/mol. The van der Waals surface area contributed by atoms with Crippen LogP contribution in [0.3, 0.4) is 0 Å². The Kier molecular flexibility index (Phi) is 2.84. The number of nitrogens with zero attached hydrogens (tertiary/aromatic N) is 1. The lowest BCUT2D eigenvalue weighted by molar-refractivity contribution is 0.0766. The van der Waals surface area contributed by atoms with Crippen molar-refractivity contribution in [2.75, 3.05) is 6.61 Å². The van der Waals surface area contributed by atoms with Crippen LogP contribution in [0.2, 0.25) is 0 Å². The van der Waals surface area contributed by atoms with Gasteiger partial charge in [-0.2, -0.15) is 0 Å². The van der Waals surface area contributed by atoms with Crippen LogP contribution in [0.1, 0.15) is 23.7 Å². The quantitative estimate of drug-likeness (QED) is 0.759. The van der Waals surface area contributed by atoms with Gasteiger partial charge in [-0.05, 0) is 24.8 Å². The minimum atomic E-state index is -0.0104. The third kappa shape index (κ3) is 1.81. The number of carbonyl (C=O) groups excluding carboxylic acids is 1. The number of benzene rings is 1. The van der Waals surface area contributed by atoms with Crippen LogP contribution in [0.5, 0.6) is 0 Å². The highest BCUT2D eigenvalue weighted by atomic mass is 16.5. The topological polar surface area (TPSA) is 39.2 Å². The smallest absolute Gasteiger partial charge is 0.169 e. The van der Waals surface area contributed by atoms with Crippen molar-refractivity contribution >= 4 is 16.6 Å². The van der Waals surface area contributed by atoms with E-state index in [2.05, 4.69) is 4.98 Å². The van der Waals surface area contributed by atoms with Crippen molar-refractivity contribution in [1.29, 1.82) is 0 Å². The number of ether oxygens (including phenoxy) is 1. The van der Waals surface area contributed by atoms with Crippen molar-refractivity contribution in [2.24, 2.45) is 5.92 Å². The highest BCUT2D eigenvalue weighted by Gasteiger charge is 2.31. The maximum atomic E-state index is 12.6. The van der Waals surface area contributed by atoms with Gasteiger partial charge in [0, 0.05) is 30.0 Å². The molecule has 1 saturated heterocycles. The molecule has 1 fully saturated rings. The molecule has 2 aromatic rings. The molecule has 3 rings (SSSR count). The molecule has 3 nitrogen and oxygen atoms in total. The average molecular weight is 241 g/mol. The molecule has 1 aliphatic heterocycles. The number of hydrogen-bond acceptors (Lipinski definition) is 3. The molecule has 0 amide bonds. The predicted octanol–water partition coefficient (Wildman–Crippen LogP) is 2.84. The Labute approximate surface area is 106 Å². The molecule has 0 N–H and O–H groups in total. The molecule has 0 spiro atoms. The molecule has 0 bridgehead atoms. The molecule has 2 atom stereocenters. The van der Waals surface area contributed by atoms with E-state index in [1.807, 2.05) is 31.2 Å². The Morgan fingerprint density at radius 3 is 3.06 bits per heavy atom. The lowest BCUT2D eigenvalue weighted by Crippen LogP contribution is -2.21. The summed E-state index contributed by atoms with van der Waals surface area (Å²) in [7, 11) is 0. The number of aromatic nitrogens is 1. The van der Waals surface area contributed by atoms with E-state index in [0.717, 1.165) is 22.8 Å². The van der Waals surface area contributed by atoms with E-state index in [4.69, 9.17) is 4.74 Å². The summed E-state index contributed by atoms with van der Waals surface area (Å²) in [5.74, 6) is 0.181. The van der Waals surface area contributed by atoms with Crippen molar-refractivity contribution in [3.8, 4) is 0 Å². The first-order chi connectivity index (χ1) is 8.77. The maximum Gasteiger partial charge on any atom is 0.169 e. The molecule has 1 aromatic carbocycles. The van der Waals surface area contributed by atoms with Gasteiger partial charge in [0.2, 0.25) is 0 Å². The molecule has 1 aliphatic rings. The summed E-state index contributed by atoms with van der Waals surface area (Å²) in [6.07, 6.45) is 4.37. The summed E-state index contributed by atoms with van der Waals surface area (Å²) in [5, 5.41) is 1.99. The summed E-state index contributed by atoms with van der Waals surface area (Å²) in [6.45, 7) is 2.66. The van der Waals surface area contributed by atoms with Crippen LogP contribution in [-0.4, -0.2) is 23.5 Å². The first-order valence-corrected chi connectivity index (χ1v) is 6.26. The number of fused-ring (bicyclic) bond motifs is 1. The first kappa shape index (κ1) is 11.4. The van der Waals surface area contributed by atoms with Crippen molar-refractivity contribution in [3.63, 3.8) is 0 Å². The zero-order valence-corrected chi connectivity index (χ0v) is 10.3. The van der Waals surface area contributed by atoms with E-state index in [0.29, 0.717) is 6.61 Å². The highest BCUT2D eigenvalue weighted by Crippen LogP contribution is 2.27. The summed E-state index contributed by atoms with van der Waals surface area (Å²) in [5.41, 5.74) is 0.789. The van der Waals surface area contributed by atoms with E-state index in [-0.39, 0.29) is 17.8 Å². The fourth-order valence-electron chi connectivity index (χ4n) is 2.61. The van der Waals surface area contributed by atoms with Crippen LogP contribution in [-0.2, 0) is 4.74 Å². The normalized spacial score (nSPS) is 23.4. The Morgan fingerprint density at radius 1 is 1.39 bits per heavy atom. The third-order valence-electron chi connectivity index (χ3n) is 3.66. The minimum Gasteiger partial charge on any atom is -0.378 e. The standard InChI is InChI=1S/C15H15NO2/c1-10-12(6-8-18-10)15(17)14-4-2-3-11-9-16-7-5-13(11)14/h2-5,7,9-10,12H,6,8H2,1H3. The molecule has 1 aromatic heterocycles. The van der Waals surface area contributed by atoms with Crippen LogP contribution in [0.4, 0.5) is 0 Å². The lowest BCUT2D eigenvalue weighted by atomic mass is 9.90. The molecule has 2 unspecified atom stereocenters. The molecule has 3 heteroatoms. The molecular weight excluding hydrogens is 226 g/mol. The van der Waals surface area contributed by atoms with Crippen molar-refractivity contribution < 1.29 is 9.53 Å². The second-order valence-electron chi connectivity index (χ2n) is 4.74. The van der Waals surface area contributed by atoms with E-state index in [1.165, 1.54) is 0 Å². The second kappa shape index (κ2) is 4.50. The Hall–Kier alpha value is -1.74. The molecule has 0 aliphatic carbocycles. The molecule has 0 saturated carbocycles. The Bertz CT molecular complexity index is 589. The third-order valence-corrected chi connectivity index (χ3v) is 3.66. The van der Waals surface area contributed by atoms with E-state index in [1.54, 1.807) is 12.4 Å². The number of carbonyl (C=O) groups is 1. The fraction of sp³-hybridized carbons (Fsp3) is 0.333. The summed E-state index contributed by atoms with van der Waals surface area (Å²) in [4.78, 5) is 16.7. The first-order valence-electron chi connectivity index (χ1n) is 6.26. The molecule has 0 radical (unpaired) electrons. The molecule has 2 heterocycles. The van der Waals surface area contributed by atoms with Crippen LogP contribution < -0.4 is 0 Å². The zero-order chi connectivity index (χ0) is 12.5. The van der Waals surface area contributed by atoms with Gasteiger partial charge in [-0.15, -0.1) is 0 Å². The lowest BCUT2D eigenvalue weighted by Gasteiger charge is -2.14. The van der Waals surface area contributed by atoms with Crippen LogP contribution in [0, 0.1) is 5.92 Å². The SMILES string of the molecule is CC1OCCC1C(=O)c1cccc2cnccc12. The largest absolute Gasteiger partial charge is 0.378 e. The van der Waals surface area contributed by atoms with Gasteiger partial charge in [0.05, 0.1) is 12.0 Å². The number of pyridine rings is 1. The second-order valence-corrected chi connectivity index (χ2v) is 4.74.